The lowest BCUT2D eigenvalue weighted by atomic mass is 9.75. The van der Waals surface area contributed by atoms with Crippen LogP contribution in [0.2, 0.25) is 0 Å². The average molecular weight is 269 g/mol. The zero-order valence-corrected chi connectivity index (χ0v) is 12.4. The highest BCUT2D eigenvalue weighted by atomic mass is 16.4. The van der Waals surface area contributed by atoms with Crippen LogP contribution in [0.3, 0.4) is 0 Å². The van der Waals surface area contributed by atoms with Crippen molar-refractivity contribution in [1.29, 1.82) is 0 Å². The topological polar surface area (TPSA) is 66.4 Å². The molecule has 1 aliphatic rings. The minimum Gasteiger partial charge on any atom is -0.480 e. The summed E-state index contributed by atoms with van der Waals surface area (Å²) < 4.78 is 0. The SMILES string of the molecule is CCC(C)CC(=O)NC1(C(=O)O)CCC(CC)CC1. The van der Waals surface area contributed by atoms with Gasteiger partial charge in [-0.15, -0.1) is 0 Å². The van der Waals surface area contributed by atoms with Crippen molar-refractivity contribution in [2.45, 2.75) is 71.3 Å². The van der Waals surface area contributed by atoms with Crippen LogP contribution in [0.4, 0.5) is 0 Å². The van der Waals surface area contributed by atoms with Gasteiger partial charge in [-0.1, -0.05) is 33.6 Å². The first kappa shape index (κ1) is 16.0. The molecular formula is C15H27NO3. The van der Waals surface area contributed by atoms with E-state index in [0.717, 1.165) is 25.7 Å². The van der Waals surface area contributed by atoms with E-state index in [9.17, 15) is 14.7 Å². The summed E-state index contributed by atoms with van der Waals surface area (Å²) in [6.45, 7) is 6.19. The van der Waals surface area contributed by atoms with Crippen molar-refractivity contribution < 1.29 is 14.7 Å². The van der Waals surface area contributed by atoms with Crippen LogP contribution in [0, 0.1) is 11.8 Å². The highest BCUT2D eigenvalue weighted by molar-refractivity contribution is 5.87. The first-order valence-corrected chi connectivity index (χ1v) is 7.48. The number of carboxylic acid groups (broad SMARTS) is 1. The Bertz CT molecular complexity index is 319. The molecule has 0 aliphatic heterocycles. The average Bonchev–Trinajstić information content (AvgIpc) is 2.39. The van der Waals surface area contributed by atoms with Gasteiger partial charge < -0.3 is 10.4 Å². The largest absolute Gasteiger partial charge is 0.480 e. The van der Waals surface area contributed by atoms with Crippen LogP contribution in [-0.2, 0) is 9.59 Å². The molecule has 110 valence electrons. The molecule has 2 N–H and O–H groups in total. The Morgan fingerprint density at radius 1 is 1.32 bits per heavy atom. The van der Waals surface area contributed by atoms with Gasteiger partial charge in [0.25, 0.3) is 0 Å². The molecule has 1 amide bonds. The summed E-state index contributed by atoms with van der Waals surface area (Å²) in [4.78, 5) is 23.5. The lowest BCUT2D eigenvalue weighted by Gasteiger charge is -2.37. The molecule has 0 saturated heterocycles. The third-order valence-electron chi connectivity index (χ3n) is 4.55. The van der Waals surface area contributed by atoms with E-state index in [-0.39, 0.29) is 5.91 Å². The lowest BCUT2D eigenvalue weighted by molar-refractivity contribution is -0.150. The third-order valence-corrected chi connectivity index (χ3v) is 4.55. The van der Waals surface area contributed by atoms with Crippen molar-refractivity contribution in [3.63, 3.8) is 0 Å². The van der Waals surface area contributed by atoms with Gasteiger partial charge in [-0.3, -0.25) is 4.79 Å². The van der Waals surface area contributed by atoms with Crippen molar-refractivity contribution >= 4 is 11.9 Å². The Morgan fingerprint density at radius 2 is 1.89 bits per heavy atom. The second kappa shape index (κ2) is 6.92. The number of rotatable bonds is 6. The van der Waals surface area contributed by atoms with Crippen LogP contribution in [0.15, 0.2) is 0 Å². The normalized spacial score (nSPS) is 28.7. The Balaban J connectivity index is 2.63. The molecule has 0 aromatic rings. The van der Waals surface area contributed by atoms with E-state index in [0.29, 0.717) is 31.1 Å². The molecule has 1 aliphatic carbocycles. The first-order valence-electron chi connectivity index (χ1n) is 7.48. The fourth-order valence-corrected chi connectivity index (χ4v) is 2.75. The molecule has 0 spiro atoms. The molecular weight excluding hydrogens is 242 g/mol. The minimum absolute atomic E-state index is 0.119. The second-order valence-electron chi connectivity index (χ2n) is 6.00. The van der Waals surface area contributed by atoms with Crippen molar-refractivity contribution in [2.75, 3.05) is 0 Å². The number of carbonyl (C=O) groups is 2. The Morgan fingerprint density at radius 3 is 2.32 bits per heavy atom. The third kappa shape index (κ3) is 4.22. The van der Waals surface area contributed by atoms with Gasteiger partial charge in [-0.2, -0.15) is 0 Å². The number of nitrogens with one attached hydrogen (secondary N) is 1. The van der Waals surface area contributed by atoms with Gasteiger partial charge in [0.15, 0.2) is 0 Å². The number of hydrogen-bond donors (Lipinski definition) is 2. The van der Waals surface area contributed by atoms with Crippen LogP contribution in [0.1, 0.15) is 65.7 Å². The van der Waals surface area contributed by atoms with E-state index < -0.39 is 11.5 Å². The molecule has 0 aromatic carbocycles. The van der Waals surface area contributed by atoms with E-state index >= 15 is 0 Å². The monoisotopic (exact) mass is 269 g/mol. The molecule has 0 radical (unpaired) electrons. The number of hydrogen-bond acceptors (Lipinski definition) is 2. The molecule has 4 heteroatoms. The first-order chi connectivity index (χ1) is 8.93. The van der Waals surface area contributed by atoms with Gasteiger partial charge >= 0.3 is 5.97 Å². The molecule has 1 atom stereocenters. The van der Waals surface area contributed by atoms with Crippen molar-refractivity contribution in [3.8, 4) is 0 Å². The van der Waals surface area contributed by atoms with E-state index in [1.54, 1.807) is 0 Å². The van der Waals surface area contributed by atoms with Gasteiger partial charge in [0.05, 0.1) is 0 Å². The van der Waals surface area contributed by atoms with Crippen molar-refractivity contribution in [2.24, 2.45) is 11.8 Å². The standard InChI is InChI=1S/C15H27NO3/c1-4-11(3)10-13(17)16-15(14(18)19)8-6-12(5-2)7-9-15/h11-12H,4-10H2,1-3H3,(H,16,17)(H,18,19). The van der Waals surface area contributed by atoms with E-state index in [4.69, 9.17) is 0 Å². The fourth-order valence-electron chi connectivity index (χ4n) is 2.75. The van der Waals surface area contributed by atoms with Gasteiger partial charge in [-0.05, 0) is 37.5 Å². The molecule has 0 heterocycles. The van der Waals surface area contributed by atoms with Gasteiger partial charge in [0, 0.05) is 6.42 Å². The number of amides is 1. The van der Waals surface area contributed by atoms with E-state index in [1.165, 1.54) is 0 Å². The summed E-state index contributed by atoms with van der Waals surface area (Å²) >= 11 is 0. The molecule has 19 heavy (non-hydrogen) atoms. The van der Waals surface area contributed by atoms with Crippen molar-refractivity contribution in [1.82, 2.24) is 5.32 Å². The van der Waals surface area contributed by atoms with Gasteiger partial charge in [0.1, 0.15) is 5.54 Å². The van der Waals surface area contributed by atoms with Crippen LogP contribution >= 0.6 is 0 Å². The fraction of sp³-hybridized carbons (Fsp3) is 0.867. The summed E-state index contributed by atoms with van der Waals surface area (Å²) in [5.74, 6) is -0.0805. The zero-order chi connectivity index (χ0) is 14.5. The molecule has 0 bridgehead atoms. The van der Waals surface area contributed by atoms with Crippen LogP contribution in [-0.4, -0.2) is 22.5 Å². The Kier molecular flexibility index (Phi) is 5.83. The summed E-state index contributed by atoms with van der Waals surface area (Å²) in [6, 6.07) is 0. The number of aliphatic carboxylic acids is 1. The summed E-state index contributed by atoms with van der Waals surface area (Å²) in [5.41, 5.74) is -1.02. The smallest absolute Gasteiger partial charge is 0.329 e. The molecule has 1 unspecified atom stereocenters. The Hall–Kier alpha value is -1.06. The highest BCUT2D eigenvalue weighted by Crippen LogP contribution is 2.34. The molecule has 1 saturated carbocycles. The molecule has 1 rings (SSSR count). The predicted molar refractivity (Wildman–Crippen MR) is 74.8 cm³/mol. The second-order valence-corrected chi connectivity index (χ2v) is 6.00. The zero-order valence-electron chi connectivity index (χ0n) is 12.4. The summed E-state index contributed by atoms with van der Waals surface area (Å²) in [7, 11) is 0. The van der Waals surface area contributed by atoms with Crippen LogP contribution in [0.5, 0.6) is 0 Å². The highest BCUT2D eigenvalue weighted by Gasteiger charge is 2.42. The maximum Gasteiger partial charge on any atom is 0.329 e. The summed E-state index contributed by atoms with van der Waals surface area (Å²) in [6.07, 6.45) is 5.36. The predicted octanol–water partition coefficient (Wildman–Crippen LogP) is 2.96. The summed E-state index contributed by atoms with van der Waals surface area (Å²) in [5, 5.41) is 12.3. The number of carboxylic acids is 1. The molecule has 1 fully saturated rings. The van der Waals surface area contributed by atoms with E-state index in [2.05, 4.69) is 12.2 Å². The molecule has 0 aromatic heterocycles. The molecule has 4 nitrogen and oxygen atoms in total. The van der Waals surface area contributed by atoms with Crippen LogP contribution in [0.25, 0.3) is 0 Å². The maximum absolute atomic E-state index is 12.0. The lowest BCUT2D eigenvalue weighted by Crippen LogP contribution is -2.56. The van der Waals surface area contributed by atoms with Gasteiger partial charge in [-0.25, -0.2) is 4.79 Å². The maximum atomic E-state index is 12.0. The Labute approximate surface area is 116 Å². The van der Waals surface area contributed by atoms with E-state index in [1.807, 2.05) is 13.8 Å². The number of carbonyl (C=O) groups excluding carboxylic acids is 1. The van der Waals surface area contributed by atoms with Crippen molar-refractivity contribution in [3.05, 3.63) is 0 Å². The minimum atomic E-state index is -1.02. The quantitative estimate of drug-likeness (QED) is 0.779. The van der Waals surface area contributed by atoms with Gasteiger partial charge in [0.2, 0.25) is 5.91 Å². The van der Waals surface area contributed by atoms with Crippen LogP contribution < -0.4 is 5.32 Å².